The summed E-state index contributed by atoms with van der Waals surface area (Å²) in [6.07, 6.45) is 0. The van der Waals surface area contributed by atoms with Crippen LogP contribution in [-0.2, 0) is 6.54 Å². The maximum atomic E-state index is 13.0. The molecule has 98 valence electrons. The van der Waals surface area contributed by atoms with Gasteiger partial charge >= 0.3 is 6.03 Å². The Bertz CT molecular complexity index is 437. The first-order valence-corrected chi connectivity index (χ1v) is 6.42. The van der Waals surface area contributed by atoms with Crippen molar-refractivity contribution in [2.45, 2.75) is 13.5 Å². The lowest BCUT2D eigenvalue weighted by molar-refractivity contribution is 0.199. The number of carbonyl (C=O) groups excluding carboxylic acids is 1. The number of carbonyl (C=O) groups is 1. The average molecular weight is 315 g/mol. The Morgan fingerprint density at radius 2 is 2.28 bits per heavy atom. The van der Waals surface area contributed by atoms with Gasteiger partial charge in [0.1, 0.15) is 5.82 Å². The van der Waals surface area contributed by atoms with Crippen molar-refractivity contribution in [1.82, 2.24) is 10.2 Å². The second kappa shape index (κ2) is 7.16. The Hall–Kier alpha value is -1.36. The minimum Gasteiger partial charge on any atom is -0.333 e. The highest BCUT2D eigenvalue weighted by Crippen LogP contribution is 2.07. The van der Waals surface area contributed by atoms with Gasteiger partial charge in [-0.2, -0.15) is 0 Å². The largest absolute Gasteiger partial charge is 0.333 e. The van der Waals surface area contributed by atoms with Crippen LogP contribution in [-0.4, -0.2) is 24.0 Å². The Morgan fingerprint density at radius 1 is 1.56 bits per heavy atom. The number of benzene rings is 1. The summed E-state index contributed by atoms with van der Waals surface area (Å²) < 4.78 is 13.7. The van der Waals surface area contributed by atoms with Gasteiger partial charge in [-0.05, 0) is 24.6 Å². The van der Waals surface area contributed by atoms with Crippen molar-refractivity contribution in [3.8, 4) is 0 Å². The molecule has 0 atom stereocenters. The summed E-state index contributed by atoms with van der Waals surface area (Å²) in [6.45, 7) is 6.83. The lowest BCUT2D eigenvalue weighted by Gasteiger charge is -2.21. The van der Waals surface area contributed by atoms with Gasteiger partial charge in [-0.15, -0.1) is 0 Å². The number of nitrogens with one attached hydrogen (secondary N) is 1. The van der Waals surface area contributed by atoms with Gasteiger partial charge < -0.3 is 10.2 Å². The molecule has 0 aliphatic heterocycles. The van der Waals surface area contributed by atoms with Crippen LogP contribution >= 0.6 is 15.9 Å². The van der Waals surface area contributed by atoms with Gasteiger partial charge in [0, 0.05) is 17.6 Å². The van der Waals surface area contributed by atoms with Gasteiger partial charge in [-0.25, -0.2) is 9.18 Å². The molecule has 0 saturated carbocycles. The minimum absolute atomic E-state index is 0.192. The maximum Gasteiger partial charge on any atom is 0.317 e. The van der Waals surface area contributed by atoms with E-state index < -0.39 is 0 Å². The Morgan fingerprint density at radius 3 is 2.83 bits per heavy atom. The fourth-order valence-electron chi connectivity index (χ4n) is 1.47. The van der Waals surface area contributed by atoms with Crippen LogP contribution in [0.2, 0.25) is 0 Å². The molecule has 0 saturated heterocycles. The summed E-state index contributed by atoms with van der Waals surface area (Å²) in [7, 11) is 0. The summed E-state index contributed by atoms with van der Waals surface area (Å²) >= 11 is 3.17. The first-order chi connectivity index (χ1) is 8.52. The fraction of sp³-hybridized carbons (Fsp3) is 0.308. The summed E-state index contributed by atoms with van der Waals surface area (Å²) in [5, 5.41) is 2.71. The van der Waals surface area contributed by atoms with Gasteiger partial charge in [0.05, 0.1) is 6.54 Å². The lowest BCUT2D eigenvalue weighted by atomic mass is 10.2. The third kappa shape index (κ3) is 4.87. The monoisotopic (exact) mass is 314 g/mol. The highest BCUT2D eigenvalue weighted by atomic mass is 79.9. The number of hydrogen-bond acceptors (Lipinski definition) is 1. The summed E-state index contributed by atoms with van der Waals surface area (Å²) in [5.41, 5.74) is 0.768. The highest BCUT2D eigenvalue weighted by molar-refractivity contribution is 9.11. The van der Waals surface area contributed by atoms with E-state index in [9.17, 15) is 9.18 Å². The van der Waals surface area contributed by atoms with Crippen molar-refractivity contribution < 1.29 is 9.18 Å². The van der Waals surface area contributed by atoms with E-state index in [1.54, 1.807) is 17.0 Å². The van der Waals surface area contributed by atoms with Crippen LogP contribution < -0.4 is 5.32 Å². The molecular weight excluding hydrogens is 299 g/mol. The molecule has 1 aromatic rings. The van der Waals surface area contributed by atoms with E-state index in [4.69, 9.17) is 0 Å². The average Bonchev–Trinajstić information content (AvgIpc) is 2.33. The third-order valence-corrected chi connectivity index (χ3v) is 2.64. The van der Waals surface area contributed by atoms with Crippen LogP contribution in [0.3, 0.4) is 0 Å². The van der Waals surface area contributed by atoms with Crippen molar-refractivity contribution in [2.75, 3.05) is 13.1 Å². The summed E-state index contributed by atoms with van der Waals surface area (Å²) in [4.78, 5) is 13.4. The molecule has 18 heavy (non-hydrogen) atoms. The van der Waals surface area contributed by atoms with Crippen LogP contribution in [0.1, 0.15) is 12.5 Å². The van der Waals surface area contributed by atoms with Gasteiger partial charge in [-0.1, -0.05) is 34.6 Å². The van der Waals surface area contributed by atoms with E-state index >= 15 is 0 Å². The predicted octanol–water partition coefficient (Wildman–Crippen LogP) is 3.27. The van der Waals surface area contributed by atoms with Crippen molar-refractivity contribution in [2.24, 2.45) is 0 Å². The fourth-order valence-corrected chi connectivity index (χ4v) is 1.61. The zero-order valence-corrected chi connectivity index (χ0v) is 11.8. The Balaban J connectivity index is 2.61. The van der Waals surface area contributed by atoms with E-state index in [-0.39, 0.29) is 11.8 Å². The second-order valence-electron chi connectivity index (χ2n) is 3.82. The molecule has 0 aromatic heterocycles. The number of nitrogens with zero attached hydrogens (tertiary/aromatic N) is 1. The molecule has 1 rings (SSSR count). The Kier molecular flexibility index (Phi) is 5.85. The standard InChI is InChI=1S/C13H16BrFN2O/c1-3-17(13(18)16-8-10(2)14)9-11-5-4-6-12(15)7-11/h4-7H,2-3,8-9H2,1H3,(H,16,18). The van der Waals surface area contributed by atoms with Crippen LogP contribution in [0.5, 0.6) is 0 Å². The van der Waals surface area contributed by atoms with E-state index in [1.807, 2.05) is 6.92 Å². The SMILES string of the molecule is C=C(Br)CNC(=O)N(CC)Cc1cccc(F)c1. The molecule has 5 heteroatoms. The van der Waals surface area contributed by atoms with Crippen molar-refractivity contribution in [3.05, 3.63) is 46.7 Å². The molecule has 0 fully saturated rings. The van der Waals surface area contributed by atoms with Crippen molar-refractivity contribution in [3.63, 3.8) is 0 Å². The number of urea groups is 1. The molecule has 3 nitrogen and oxygen atoms in total. The molecule has 0 bridgehead atoms. The molecule has 1 N–H and O–H groups in total. The number of amides is 2. The quantitative estimate of drug-likeness (QED) is 0.889. The molecule has 0 radical (unpaired) electrons. The topological polar surface area (TPSA) is 32.3 Å². The summed E-state index contributed by atoms with van der Waals surface area (Å²) in [6, 6.07) is 6.05. The van der Waals surface area contributed by atoms with E-state index in [0.717, 1.165) is 5.56 Å². The molecular formula is C13H16BrFN2O. The molecule has 0 aliphatic rings. The van der Waals surface area contributed by atoms with Crippen LogP contribution in [0, 0.1) is 5.82 Å². The number of rotatable bonds is 5. The number of hydrogen-bond donors (Lipinski definition) is 1. The van der Waals surface area contributed by atoms with E-state index in [1.165, 1.54) is 12.1 Å². The van der Waals surface area contributed by atoms with Crippen LogP contribution in [0.15, 0.2) is 35.3 Å². The molecule has 0 unspecified atom stereocenters. The van der Waals surface area contributed by atoms with Crippen molar-refractivity contribution >= 4 is 22.0 Å². The van der Waals surface area contributed by atoms with Gasteiger partial charge in [-0.3, -0.25) is 0 Å². The van der Waals surface area contributed by atoms with Gasteiger partial charge in [0.15, 0.2) is 0 Å². The molecule has 0 heterocycles. The van der Waals surface area contributed by atoms with Gasteiger partial charge in [0.2, 0.25) is 0 Å². The first-order valence-electron chi connectivity index (χ1n) is 5.63. The Labute approximate surface area is 115 Å². The van der Waals surface area contributed by atoms with Crippen LogP contribution in [0.4, 0.5) is 9.18 Å². The first kappa shape index (κ1) is 14.7. The van der Waals surface area contributed by atoms with E-state index in [0.29, 0.717) is 24.1 Å². The number of halogens is 2. The normalized spacial score (nSPS) is 9.94. The predicted molar refractivity (Wildman–Crippen MR) is 73.9 cm³/mol. The van der Waals surface area contributed by atoms with Crippen molar-refractivity contribution in [1.29, 1.82) is 0 Å². The zero-order valence-electron chi connectivity index (χ0n) is 10.2. The third-order valence-electron chi connectivity index (χ3n) is 2.36. The smallest absolute Gasteiger partial charge is 0.317 e. The molecule has 0 aliphatic carbocycles. The van der Waals surface area contributed by atoms with E-state index in [2.05, 4.69) is 27.8 Å². The summed E-state index contributed by atoms with van der Waals surface area (Å²) in [5.74, 6) is -0.294. The van der Waals surface area contributed by atoms with Gasteiger partial charge in [0.25, 0.3) is 0 Å². The second-order valence-corrected chi connectivity index (χ2v) is 4.94. The van der Waals surface area contributed by atoms with Crippen LogP contribution in [0.25, 0.3) is 0 Å². The molecule has 2 amide bonds. The maximum absolute atomic E-state index is 13.0. The molecule has 0 spiro atoms. The highest BCUT2D eigenvalue weighted by Gasteiger charge is 2.11. The molecule has 1 aromatic carbocycles. The zero-order chi connectivity index (χ0) is 13.5. The minimum atomic E-state index is -0.294. The lowest BCUT2D eigenvalue weighted by Crippen LogP contribution is -2.39.